The highest BCUT2D eigenvalue weighted by atomic mass is 16.6. The summed E-state index contributed by atoms with van der Waals surface area (Å²) in [4.78, 5) is 19.7. The summed E-state index contributed by atoms with van der Waals surface area (Å²) in [7, 11) is 0. The molecular formula is C25H28N2O3. The molecule has 0 bridgehead atoms. The summed E-state index contributed by atoms with van der Waals surface area (Å²) in [5.74, 6) is 0. The summed E-state index contributed by atoms with van der Waals surface area (Å²) in [6, 6.07) is 19.9. The number of carbonyl (C=O) groups excluding carboxylic acids is 1. The number of ether oxygens (including phenoxy) is 2. The minimum atomic E-state index is -0.774. The highest BCUT2D eigenvalue weighted by Crippen LogP contribution is 2.41. The first-order valence-electron chi connectivity index (χ1n) is 10.3. The number of pyridine rings is 1. The maximum Gasteiger partial charge on any atom is 0.413 e. The normalized spacial score (nSPS) is 18.6. The Balaban J connectivity index is 1.85. The van der Waals surface area contributed by atoms with Gasteiger partial charge in [0.15, 0.2) is 0 Å². The van der Waals surface area contributed by atoms with E-state index in [-0.39, 0.29) is 12.1 Å². The molecule has 5 heteroatoms. The number of amides is 1. The van der Waals surface area contributed by atoms with Crippen molar-refractivity contribution in [3.05, 3.63) is 66.2 Å². The fourth-order valence-corrected chi connectivity index (χ4v) is 3.92. The Bertz CT molecular complexity index is 1070. The lowest BCUT2D eigenvalue weighted by Gasteiger charge is -2.35. The lowest BCUT2D eigenvalue weighted by atomic mass is 9.98. The topological polar surface area (TPSA) is 51.7 Å². The molecule has 1 fully saturated rings. The van der Waals surface area contributed by atoms with Crippen LogP contribution in [0.1, 0.15) is 46.2 Å². The third-order valence-electron chi connectivity index (χ3n) is 5.25. The van der Waals surface area contributed by atoms with Crippen molar-refractivity contribution in [2.45, 2.75) is 52.0 Å². The van der Waals surface area contributed by atoms with Crippen molar-refractivity contribution in [2.75, 3.05) is 6.61 Å². The largest absolute Gasteiger partial charge is 0.444 e. The first-order chi connectivity index (χ1) is 14.2. The first kappa shape index (κ1) is 20.4. The van der Waals surface area contributed by atoms with Crippen LogP contribution in [0.4, 0.5) is 4.79 Å². The van der Waals surface area contributed by atoms with Crippen molar-refractivity contribution in [1.29, 1.82) is 0 Å². The standard InChI is InChI=1S/C25H28N2O3/c1-24(2,3)30-23(28)27-22(16-29-25(27,4)5)19-15-21(17-11-7-6-8-12-17)26-20-14-10-9-13-18(19)20/h6-15,22H,16H2,1-5H3. The summed E-state index contributed by atoms with van der Waals surface area (Å²) in [5, 5.41) is 1.01. The van der Waals surface area contributed by atoms with E-state index in [1.165, 1.54) is 0 Å². The zero-order valence-electron chi connectivity index (χ0n) is 18.2. The van der Waals surface area contributed by atoms with Crippen LogP contribution >= 0.6 is 0 Å². The van der Waals surface area contributed by atoms with Gasteiger partial charge in [0, 0.05) is 10.9 Å². The van der Waals surface area contributed by atoms with Crippen LogP contribution in [-0.4, -0.2) is 33.9 Å². The van der Waals surface area contributed by atoms with Crippen molar-refractivity contribution < 1.29 is 14.3 Å². The molecule has 1 unspecified atom stereocenters. The summed E-state index contributed by atoms with van der Waals surface area (Å²) in [6.45, 7) is 9.82. The quantitative estimate of drug-likeness (QED) is 0.530. The van der Waals surface area contributed by atoms with Gasteiger partial charge in [-0.3, -0.25) is 4.90 Å². The Labute approximate surface area is 177 Å². The lowest BCUT2D eigenvalue weighted by molar-refractivity contribution is -0.0625. The molecule has 0 radical (unpaired) electrons. The van der Waals surface area contributed by atoms with Gasteiger partial charge in [-0.05, 0) is 52.3 Å². The first-order valence-corrected chi connectivity index (χ1v) is 10.3. The number of aromatic nitrogens is 1. The van der Waals surface area contributed by atoms with Gasteiger partial charge in [-0.1, -0.05) is 48.5 Å². The molecule has 0 saturated carbocycles. The Morgan fingerprint density at radius 1 is 1.10 bits per heavy atom. The maximum atomic E-state index is 13.2. The molecule has 1 aliphatic rings. The fourth-order valence-electron chi connectivity index (χ4n) is 3.92. The third-order valence-corrected chi connectivity index (χ3v) is 5.25. The van der Waals surface area contributed by atoms with Crippen LogP contribution in [0.3, 0.4) is 0 Å². The molecule has 1 aliphatic heterocycles. The van der Waals surface area contributed by atoms with E-state index in [1.807, 2.05) is 89.2 Å². The smallest absolute Gasteiger partial charge is 0.413 e. The number of benzene rings is 2. The minimum absolute atomic E-state index is 0.273. The molecule has 3 aromatic rings. The third kappa shape index (κ3) is 3.90. The van der Waals surface area contributed by atoms with Crippen LogP contribution < -0.4 is 0 Å². The van der Waals surface area contributed by atoms with Crippen LogP contribution in [0.5, 0.6) is 0 Å². The SMILES string of the molecule is CC(C)(C)OC(=O)N1C(c2cc(-c3ccccc3)nc3ccccc23)COC1(C)C. The number of nitrogens with zero attached hydrogens (tertiary/aromatic N) is 2. The average molecular weight is 405 g/mol. The second kappa shape index (κ2) is 7.40. The van der Waals surface area contributed by atoms with Crippen LogP contribution in [-0.2, 0) is 9.47 Å². The van der Waals surface area contributed by atoms with Crippen LogP contribution in [0.2, 0.25) is 0 Å². The highest BCUT2D eigenvalue weighted by Gasteiger charge is 2.46. The average Bonchev–Trinajstić information content (AvgIpc) is 3.01. The molecule has 2 aromatic carbocycles. The highest BCUT2D eigenvalue weighted by molar-refractivity contribution is 5.86. The van der Waals surface area contributed by atoms with Gasteiger partial charge in [0.2, 0.25) is 0 Å². The number of hydrogen-bond donors (Lipinski definition) is 0. The summed E-state index contributed by atoms with van der Waals surface area (Å²) >= 11 is 0. The van der Waals surface area contributed by atoms with Gasteiger partial charge in [0.1, 0.15) is 11.3 Å². The van der Waals surface area contributed by atoms with Gasteiger partial charge in [0.05, 0.1) is 23.9 Å². The van der Waals surface area contributed by atoms with Gasteiger partial charge in [0.25, 0.3) is 0 Å². The van der Waals surface area contributed by atoms with Gasteiger partial charge in [-0.15, -0.1) is 0 Å². The Hall–Kier alpha value is -2.92. The molecular weight excluding hydrogens is 376 g/mol. The van der Waals surface area contributed by atoms with Gasteiger partial charge in [-0.25, -0.2) is 9.78 Å². The monoisotopic (exact) mass is 404 g/mol. The van der Waals surface area contributed by atoms with E-state index >= 15 is 0 Å². The number of hydrogen-bond acceptors (Lipinski definition) is 4. The molecule has 0 spiro atoms. The molecule has 156 valence electrons. The van der Waals surface area contributed by atoms with Crippen LogP contribution in [0, 0.1) is 0 Å². The molecule has 1 aromatic heterocycles. The molecule has 0 N–H and O–H groups in total. The second-order valence-corrected chi connectivity index (χ2v) is 9.10. The number of fused-ring (bicyclic) bond motifs is 1. The van der Waals surface area contributed by atoms with Crippen LogP contribution in [0.25, 0.3) is 22.2 Å². The Morgan fingerprint density at radius 3 is 2.47 bits per heavy atom. The van der Waals surface area contributed by atoms with Gasteiger partial charge >= 0.3 is 6.09 Å². The van der Waals surface area contributed by atoms with E-state index in [1.54, 1.807) is 4.90 Å². The Kier molecular flexibility index (Phi) is 5.02. The number of rotatable bonds is 2. The zero-order valence-corrected chi connectivity index (χ0v) is 18.2. The van der Waals surface area contributed by atoms with E-state index in [0.29, 0.717) is 6.61 Å². The van der Waals surface area contributed by atoms with Crippen molar-refractivity contribution in [2.24, 2.45) is 0 Å². The van der Waals surface area contributed by atoms with Crippen molar-refractivity contribution in [3.8, 4) is 11.3 Å². The van der Waals surface area contributed by atoms with E-state index in [2.05, 4.69) is 6.07 Å². The maximum absolute atomic E-state index is 13.2. The van der Waals surface area contributed by atoms with Crippen molar-refractivity contribution in [3.63, 3.8) is 0 Å². The molecule has 2 heterocycles. The fraction of sp³-hybridized carbons (Fsp3) is 0.360. The molecule has 1 saturated heterocycles. The molecule has 4 rings (SSSR count). The zero-order chi connectivity index (χ0) is 21.5. The van der Waals surface area contributed by atoms with Gasteiger partial charge < -0.3 is 9.47 Å². The van der Waals surface area contributed by atoms with Crippen LogP contribution in [0.15, 0.2) is 60.7 Å². The van der Waals surface area contributed by atoms with E-state index < -0.39 is 11.3 Å². The van der Waals surface area contributed by atoms with E-state index in [0.717, 1.165) is 27.7 Å². The van der Waals surface area contributed by atoms with Crippen molar-refractivity contribution in [1.82, 2.24) is 9.88 Å². The second-order valence-electron chi connectivity index (χ2n) is 9.10. The van der Waals surface area contributed by atoms with E-state index in [4.69, 9.17) is 14.5 Å². The summed E-state index contributed by atoms with van der Waals surface area (Å²) < 4.78 is 11.8. The molecule has 30 heavy (non-hydrogen) atoms. The van der Waals surface area contributed by atoms with Gasteiger partial charge in [-0.2, -0.15) is 0 Å². The molecule has 0 aliphatic carbocycles. The molecule has 1 atom stereocenters. The Morgan fingerprint density at radius 2 is 1.77 bits per heavy atom. The summed E-state index contributed by atoms with van der Waals surface area (Å²) in [5.41, 5.74) is 2.45. The lowest BCUT2D eigenvalue weighted by Crippen LogP contribution is -2.47. The summed E-state index contributed by atoms with van der Waals surface area (Å²) in [6.07, 6.45) is -0.378. The van der Waals surface area contributed by atoms with E-state index in [9.17, 15) is 4.79 Å². The predicted octanol–water partition coefficient (Wildman–Crippen LogP) is 5.95. The number of carbonyl (C=O) groups is 1. The van der Waals surface area contributed by atoms with Crippen molar-refractivity contribution >= 4 is 17.0 Å². The minimum Gasteiger partial charge on any atom is -0.444 e. The predicted molar refractivity (Wildman–Crippen MR) is 118 cm³/mol. The molecule has 5 nitrogen and oxygen atoms in total. The molecule has 1 amide bonds. The number of para-hydroxylation sites is 1.